The van der Waals surface area contributed by atoms with E-state index in [4.69, 9.17) is 16.7 Å². The number of carboxylic acid groups (broad SMARTS) is 1. The SMILES string of the molecule is Cc1cc(-c2cccnc2C(=O)O)ccc1Cl. The molecule has 0 fully saturated rings. The first-order valence-corrected chi connectivity index (χ1v) is 5.42. The molecule has 1 aromatic carbocycles. The fourth-order valence-corrected chi connectivity index (χ4v) is 1.74. The molecule has 0 bridgehead atoms. The standard InChI is InChI=1S/C13H10ClNO2/c1-8-7-9(4-5-11(8)14)10-3-2-6-15-12(10)13(16)17/h2-7H,1H3,(H,16,17). The molecular formula is C13H10ClNO2. The fourth-order valence-electron chi connectivity index (χ4n) is 1.62. The van der Waals surface area contributed by atoms with Crippen LogP contribution in [0, 0.1) is 6.92 Å². The van der Waals surface area contributed by atoms with Crippen LogP contribution in [0.2, 0.25) is 5.02 Å². The smallest absolute Gasteiger partial charge is 0.355 e. The number of nitrogens with zero attached hydrogens (tertiary/aromatic N) is 1. The monoisotopic (exact) mass is 247 g/mol. The van der Waals surface area contributed by atoms with Crippen molar-refractivity contribution in [2.45, 2.75) is 6.92 Å². The number of benzene rings is 1. The Morgan fingerprint density at radius 2 is 2.12 bits per heavy atom. The predicted octanol–water partition coefficient (Wildman–Crippen LogP) is 3.41. The molecule has 0 saturated carbocycles. The van der Waals surface area contributed by atoms with Crippen molar-refractivity contribution in [3.05, 3.63) is 52.8 Å². The molecule has 0 radical (unpaired) electrons. The minimum atomic E-state index is -1.03. The molecule has 2 aromatic rings. The normalized spacial score (nSPS) is 10.2. The van der Waals surface area contributed by atoms with E-state index in [1.165, 1.54) is 6.20 Å². The number of aromatic carboxylic acids is 1. The van der Waals surface area contributed by atoms with Crippen LogP contribution in [0.15, 0.2) is 36.5 Å². The number of aromatic nitrogens is 1. The summed E-state index contributed by atoms with van der Waals surface area (Å²) in [6, 6.07) is 8.85. The highest BCUT2D eigenvalue weighted by Crippen LogP contribution is 2.26. The number of hydrogen-bond acceptors (Lipinski definition) is 2. The van der Waals surface area contributed by atoms with E-state index in [0.717, 1.165) is 11.1 Å². The molecular weight excluding hydrogens is 238 g/mol. The number of aryl methyl sites for hydroxylation is 1. The minimum Gasteiger partial charge on any atom is -0.476 e. The van der Waals surface area contributed by atoms with E-state index >= 15 is 0 Å². The summed E-state index contributed by atoms with van der Waals surface area (Å²) in [7, 11) is 0. The molecule has 3 nitrogen and oxygen atoms in total. The third kappa shape index (κ3) is 2.29. The van der Waals surface area contributed by atoms with Crippen LogP contribution in [-0.2, 0) is 0 Å². The van der Waals surface area contributed by atoms with Gasteiger partial charge in [-0.05, 0) is 36.2 Å². The maximum Gasteiger partial charge on any atom is 0.355 e. The van der Waals surface area contributed by atoms with Gasteiger partial charge in [-0.3, -0.25) is 0 Å². The molecule has 1 aromatic heterocycles. The molecule has 4 heteroatoms. The van der Waals surface area contributed by atoms with Crippen LogP contribution in [0.5, 0.6) is 0 Å². The largest absolute Gasteiger partial charge is 0.476 e. The second-order valence-electron chi connectivity index (χ2n) is 3.67. The highest BCUT2D eigenvalue weighted by atomic mass is 35.5. The van der Waals surface area contributed by atoms with Gasteiger partial charge >= 0.3 is 5.97 Å². The summed E-state index contributed by atoms with van der Waals surface area (Å²) in [6.45, 7) is 1.88. The first-order chi connectivity index (χ1) is 8.09. The zero-order chi connectivity index (χ0) is 12.4. The Balaban J connectivity index is 2.60. The lowest BCUT2D eigenvalue weighted by Crippen LogP contribution is -2.02. The maximum absolute atomic E-state index is 11.1. The summed E-state index contributed by atoms with van der Waals surface area (Å²) in [5.74, 6) is -1.03. The average molecular weight is 248 g/mol. The zero-order valence-electron chi connectivity index (χ0n) is 9.14. The molecule has 0 spiro atoms. The van der Waals surface area contributed by atoms with Crippen molar-refractivity contribution in [2.75, 3.05) is 0 Å². The van der Waals surface area contributed by atoms with Gasteiger partial charge in [-0.1, -0.05) is 23.7 Å². The molecule has 0 atom stereocenters. The summed E-state index contributed by atoms with van der Waals surface area (Å²) >= 11 is 5.94. The van der Waals surface area contributed by atoms with Crippen LogP contribution < -0.4 is 0 Å². The summed E-state index contributed by atoms with van der Waals surface area (Å²) in [5, 5.41) is 9.72. The van der Waals surface area contributed by atoms with E-state index < -0.39 is 5.97 Å². The molecule has 86 valence electrons. The van der Waals surface area contributed by atoms with Gasteiger partial charge in [-0.15, -0.1) is 0 Å². The second kappa shape index (κ2) is 4.55. The quantitative estimate of drug-likeness (QED) is 0.885. The Morgan fingerprint density at radius 3 is 2.76 bits per heavy atom. The van der Waals surface area contributed by atoms with Crippen LogP contribution in [0.4, 0.5) is 0 Å². The Kier molecular flexibility index (Phi) is 3.11. The molecule has 0 aliphatic rings. The van der Waals surface area contributed by atoms with Gasteiger partial charge in [0.2, 0.25) is 0 Å². The average Bonchev–Trinajstić information content (AvgIpc) is 2.32. The Labute approximate surface area is 104 Å². The van der Waals surface area contributed by atoms with Gasteiger partial charge in [0.1, 0.15) is 0 Å². The highest BCUT2D eigenvalue weighted by molar-refractivity contribution is 6.31. The molecule has 2 rings (SSSR count). The second-order valence-corrected chi connectivity index (χ2v) is 4.08. The van der Waals surface area contributed by atoms with Crippen molar-refractivity contribution < 1.29 is 9.90 Å². The van der Waals surface area contributed by atoms with Gasteiger partial charge in [-0.25, -0.2) is 9.78 Å². The first kappa shape index (κ1) is 11.6. The van der Waals surface area contributed by atoms with E-state index in [9.17, 15) is 4.79 Å². The van der Waals surface area contributed by atoms with Crippen LogP contribution in [0.3, 0.4) is 0 Å². The molecule has 0 saturated heterocycles. The lowest BCUT2D eigenvalue weighted by atomic mass is 10.0. The molecule has 0 aliphatic heterocycles. The van der Waals surface area contributed by atoms with Gasteiger partial charge in [0.25, 0.3) is 0 Å². The molecule has 0 amide bonds. The molecule has 0 aliphatic carbocycles. The molecule has 0 unspecified atom stereocenters. The van der Waals surface area contributed by atoms with Gasteiger partial charge in [0.05, 0.1) is 0 Å². The Hall–Kier alpha value is -1.87. The highest BCUT2D eigenvalue weighted by Gasteiger charge is 2.12. The van der Waals surface area contributed by atoms with Crippen molar-refractivity contribution in [1.29, 1.82) is 0 Å². The summed E-state index contributed by atoms with van der Waals surface area (Å²) < 4.78 is 0. The number of hydrogen-bond donors (Lipinski definition) is 1. The third-order valence-electron chi connectivity index (χ3n) is 2.48. The van der Waals surface area contributed by atoms with E-state index in [-0.39, 0.29) is 5.69 Å². The Bertz CT molecular complexity index is 581. The lowest BCUT2D eigenvalue weighted by molar-refractivity contribution is 0.0691. The lowest BCUT2D eigenvalue weighted by Gasteiger charge is -2.06. The third-order valence-corrected chi connectivity index (χ3v) is 2.90. The first-order valence-electron chi connectivity index (χ1n) is 5.04. The zero-order valence-corrected chi connectivity index (χ0v) is 9.90. The molecule has 17 heavy (non-hydrogen) atoms. The summed E-state index contributed by atoms with van der Waals surface area (Å²) in [4.78, 5) is 14.9. The van der Waals surface area contributed by atoms with E-state index in [1.807, 2.05) is 13.0 Å². The van der Waals surface area contributed by atoms with E-state index in [2.05, 4.69) is 4.98 Å². The molecule has 1 N–H and O–H groups in total. The minimum absolute atomic E-state index is 0.0502. The number of halogens is 1. The molecule has 1 heterocycles. The van der Waals surface area contributed by atoms with Crippen LogP contribution in [0.25, 0.3) is 11.1 Å². The number of carbonyl (C=O) groups is 1. The van der Waals surface area contributed by atoms with Crippen LogP contribution in [0.1, 0.15) is 16.1 Å². The predicted molar refractivity (Wildman–Crippen MR) is 66.4 cm³/mol. The summed E-state index contributed by atoms with van der Waals surface area (Å²) in [6.07, 6.45) is 1.47. The van der Waals surface area contributed by atoms with Crippen molar-refractivity contribution in [2.24, 2.45) is 0 Å². The van der Waals surface area contributed by atoms with Gasteiger partial charge in [0.15, 0.2) is 5.69 Å². The van der Waals surface area contributed by atoms with Gasteiger partial charge < -0.3 is 5.11 Å². The van der Waals surface area contributed by atoms with Gasteiger partial charge in [-0.2, -0.15) is 0 Å². The number of rotatable bonds is 2. The Morgan fingerprint density at radius 1 is 1.35 bits per heavy atom. The topological polar surface area (TPSA) is 50.2 Å². The fraction of sp³-hybridized carbons (Fsp3) is 0.0769. The number of pyridine rings is 1. The number of carboxylic acids is 1. The van der Waals surface area contributed by atoms with E-state index in [0.29, 0.717) is 10.6 Å². The van der Waals surface area contributed by atoms with Crippen molar-refractivity contribution in [3.8, 4) is 11.1 Å². The van der Waals surface area contributed by atoms with Crippen LogP contribution in [-0.4, -0.2) is 16.1 Å². The van der Waals surface area contributed by atoms with Gasteiger partial charge in [0, 0.05) is 16.8 Å². The van der Waals surface area contributed by atoms with Crippen molar-refractivity contribution in [1.82, 2.24) is 4.98 Å². The summed E-state index contributed by atoms with van der Waals surface area (Å²) in [5.41, 5.74) is 2.36. The van der Waals surface area contributed by atoms with Crippen LogP contribution >= 0.6 is 11.6 Å². The van der Waals surface area contributed by atoms with Crippen molar-refractivity contribution in [3.63, 3.8) is 0 Å². The van der Waals surface area contributed by atoms with E-state index in [1.54, 1.807) is 24.3 Å². The maximum atomic E-state index is 11.1. The van der Waals surface area contributed by atoms with Crippen molar-refractivity contribution >= 4 is 17.6 Å².